The van der Waals surface area contributed by atoms with Crippen molar-refractivity contribution in [3.8, 4) is 5.75 Å². The number of hydrogen-bond donors (Lipinski definition) is 1. The SMILES string of the molecule is COc1ccc(C2(CNC(=O)c3ccc(S(=O)(=O)N4CCCCC4C)cc3)CCOCC2)cc1. The van der Waals surface area contributed by atoms with Gasteiger partial charge in [-0.25, -0.2) is 8.42 Å². The van der Waals surface area contributed by atoms with Crippen molar-refractivity contribution in [2.24, 2.45) is 0 Å². The zero-order valence-electron chi connectivity index (χ0n) is 20.0. The average Bonchev–Trinajstić information content (AvgIpc) is 2.88. The normalized spacial score (nSPS) is 21.1. The third kappa shape index (κ3) is 5.14. The van der Waals surface area contributed by atoms with Crippen molar-refractivity contribution in [3.63, 3.8) is 0 Å². The van der Waals surface area contributed by atoms with E-state index in [1.807, 2.05) is 19.1 Å². The number of nitrogens with one attached hydrogen (secondary N) is 1. The first-order valence-corrected chi connectivity index (χ1v) is 13.4. The van der Waals surface area contributed by atoms with Crippen LogP contribution in [0.15, 0.2) is 53.4 Å². The molecule has 2 fully saturated rings. The molecule has 0 bridgehead atoms. The number of rotatable bonds is 7. The van der Waals surface area contributed by atoms with Crippen LogP contribution in [0.2, 0.25) is 0 Å². The maximum atomic E-state index is 13.1. The molecule has 0 radical (unpaired) electrons. The summed E-state index contributed by atoms with van der Waals surface area (Å²) >= 11 is 0. The third-order valence-corrected chi connectivity index (χ3v) is 9.23. The molecule has 2 aromatic carbocycles. The van der Waals surface area contributed by atoms with Gasteiger partial charge in [0, 0.05) is 43.3 Å². The van der Waals surface area contributed by atoms with Crippen molar-refractivity contribution in [3.05, 3.63) is 59.7 Å². The van der Waals surface area contributed by atoms with E-state index in [4.69, 9.17) is 9.47 Å². The van der Waals surface area contributed by atoms with E-state index in [2.05, 4.69) is 17.4 Å². The number of benzene rings is 2. The topological polar surface area (TPSA) is 84.9 Å². The van der Waals surface area contributed by atoms with E-state index in [0.717, 1.165) is 43.4 Å². The van der Waals surface area contributed by atoms with E-state index in [1.54, 1.807) is 35.7 Å². The Balaban J connectivity index is 1.46. The van der Waals surface area contributed by atoms with Gasteiger partial charge in [-0.05, 0) is 74.6 Å². The van der Waals surface area contributed by atoms with Crippen LogP contribution in [-0.2, 0) is 20.2 Å². The monoisotopic (exact) mass is 486 g/mol. The number of carbonyl (C=O) groups is 1. The van der Waals surface area contributed by atoms with Crippen molar-refractivity contribution in [1.29, 1.82) is 0 Å². The molecule has 0 saturated carbocycles. The summed E-state index contributed by atoms with van der Waals surface area (Å²) in [6.07, 6.45) is 4.43. The Morgan fingerprint density at radius 1 is 1.09 bits per heavy atom. The summed E-state index contributed by atoms with van der Waals surface area (Å²) in [5.74, 6) is 0.582. The van der Waals surface area contributed by atoms with Gasteiger partial charge in [-0.3, -0.25) is 4.79 Å². The molecule has 2 heterocycles. The number of methoxy groups -OCH3 is 1. The maximum absolute atomic E-state index is 13.1. The second-order valence-electron chi connectivity index (χ2n) is 9.29. The molecule has 2 saturated heterocycles. The van der Waals surface area contributed by atoms with Crippen LogP contribution >= 0.6 is 0 Å². The van der Waals surface area contributed by atoms with E-state index in [0.29, 0.717) is 31.9 Å². The summed E-state index contributed by atoms with van der Waals surface area (Å²) in [7, 11) is -1.92. The number of piperidine rings is 1. The molecular weight excluding hydrogens is 452 g/mol. The Hall–Kier alpha value is -2.42. The van der Waals surface area contributed by atoms with E-state index < -0.39 is 10.0 Å². The van der Waals surface area contributed by atoms with Crippen molar-refractivity contribution in [1.82, 2.24) is 9.62 Å². The lowest BCUT2D eigenvalue weighted by molar-refractivity contribution is 0.0487. The van der Waals surface area contributed by atoms with Crippen LogP contribution < -0.4 is 10.1 Å². The van der Waals surface area contributed by atoms with Gasteiger partial charge in [-0.1, -0.05) is 18.6 Å². The average molecular weight is 487 g/mol. The van der Waals surface area contributed by atoms with Crippen LogP contribution in [0.4, 0.5) is 0 Å². The van der Waals surface area contributed by atoms with Crippen LogP contribution in [0.3, 0.4) is 0 Å². The second kappa shape index (κ2) is 10.5. The van der Waals surface area contributed by atoms with Gasteiger partial charge in [-0.2, -0.15) is 4.31 Å². The fourth-order valence-electron chi connectivity index (χ4n) is 4.97. The van der Waals surface area contributed by atoms with Crippen LogP contribution in [-0.4, -0.2) is 58.1 Å². The van der Waals surface area contributed by atoms with Crippen molar-refractivity contribution >= 4 is 15.9 Å². The van der Waals surface area contributed by atoms with E-state index in [-0.39, 0.29) is 22.3 Å². The molecule has 184 valence electrons. The van der Waals surface area contributed by atoms with E-state index >= 15 is 0 Å². The molecular formula is C26H34N2O5S. The lowest BCUT2D eigenvalue weighted by atomic mass is 9.74. The minimum atomic E-state index is -3.56. The van der Waals surface area contributed by atoms with Gasteiger partial charge in [0.25, 0.3) is 5.91 Å². The standard InChI is InChI=1S/C26H34N2O5S/c1-20-5-3-4-16-28(20)34(30,31)24-12-6-21(7-13-24)25(29)27-19-26(14-17-33-18-15-26)22-8-10-23(32-2)11-9-22/h6-13,20H,3-5,14-19H2,1-2H3,(H,27,29). The van der Waals surface area contributed by atoms with Gasteiger partial charge in [0.15, 0.2) is 0 Å². The van der Waals surface area contributed by atoms with Gasteiger partial charge < -0.3 is 14.8 Å². The predicted molar refractivity (Wildman–Crippen MR) is 131 cm³/mol. The van der Waals surface area contributed by atoms with Gasteiger partial charge in [0.05, 0.1) is 12.0 Å². The van der Waals surface area contributed by atoms with Crippen molar-refractivity contribution < 1.29 is 22.7 Å². The molecule has 34 heavy (non-hydrogen) atoms. The van der Waals surface area contributed by atoms with Crippen LogP contribution in [0.25, 0.3) is 0 Å². The first kappa shape index (κ1) is 24.7. The van der Waals surface area contributed by atoms with Crippen LogP contribution in [0.1, 0.15) is 54.9 Å². The molecule has 2 aliphatic heterocycles. The zero-order chi connectivity index (χ0) is 24.2. The first-order valence-electron chi connectivity index (χ1n) is 12.0. The highest BCUT2D eigenvalue weighted by Crippen LogP contribution is 2.35. The molecule has 1 amide bonds. The molecule has 4 rings (SSSR count). The number of ether oxygens (including phenoxy) is 2. The number of hydrogen-bond acceptors (Lipinski definition) is 5. The summed E-state index contributed by atoms with van der Waals surface area (Å²) in [5, 5.41) is 3.08. The molecule has 8 heteroatoms. The lowest BCUT2D eigenvalue weighted by Gasteiger charge is -2.38. The first-order chi connectivity index (χ1) is 16.4. The maximum Gasteiger partial charge on any atom is 0.251 e. The Bertz CT molecular complexity index is 1080. The van der Waals surface area contributed by atoms with Crippen molar-refractivity contribution in [2.45, 2.75) is 55.4 Å². The Labute approximate surface area is 202 Å². The van der Waals surface area contributed by atoms with Gasteiger partial charge in [0.1, 0.15) is 5.75 Å². The zero-order valence-corrected chi connectivity index (χ0v) is 20.8. The molecule has 0 aliphatic carbocycles. The van der Waals surface area contributed by atoms with Crippen LogP contribution in [0, 0.1) is 0 Å². The Morgan fingerprint density at radius 3 is 2.38 bits per heavy atom. The third-order valence-electron chi connectivity index (χ3n) is 7.20. The Kier molecular flexibility index (Phi) is 7.60. The van der Waals surface area contributed by atoms with Gasteiger partial charge in [-0.15, -0.1) is 0 Å². The number of amides is 1. The van der Waals surface area contributed by atoms with E-state index in [1.165, 1.54) is 0 Å². The Morgan fingerprint density at radius 2 is 1.76 bits per heavy atom. The minimum Gasteiger partial charge on any atom is -0.497 e. The minimum absolute atomic E-state index is 0.00431. The molecule has 0 aromatic heterocycles. The quantitative estimate of drug-likeness (QED) is 0.645. The summed E-state index contributed by atoms with van der Waals surface area (Å²) in [6, 6.07) is 14.3. The summed E-state index contributed by atoms with van der Waals surface area (Å²) < 4.78 is 38.6. The molecule has 7 nitrogen and oxygen atoms in total. The fourth-order valence-corrected chi connectivity index (χ4v) is 6.67. The highest BCUT2D eigenvalue weighted by atomic mass is 32.2. The molecule has 1 unspecified atom stereocenters. The predicted octanol–water partition coefficient (Wildman–Crippen LogP) is 3.74. The highest BCUT2D eigenvalue weighted by molar-refractivity contribution is 7.89. The van der Waals surface area contributed by atoms with Crippen LogP contribution in [0.5, 0.6) is 5.75 Å². The number of nitrogens with zero attached hydrogens (tertiary/aromatic N) is 1. The fraction of sp³-hybridized carbons (Fsp3) is 0.500. The summed E-state index contributed by atoms with van der Waals surface area (Å²) in [4.78, 5) is 13.2. The summed E-state index contributed by atoms with van der Waals surface area (Å²) in [5.41, 5.74) is 1.38. The molecule has 1 atom stereocenters. The molecule has 0 spiro atoms. The number of carbonyl (C=O) groups excluding carboxylic acids is 1. The second-order valence-corrected chi connectivity index (χ2v) is 11.2. The summed E-state index contributed by atoms with van der Waals surface area (Å²) in [6.45, 7) is 4.26. The van der Waals surface area contributed by atoms with E-state index in [9.17, 15) is 13.2 Å². The molecule has 1 N–H and O–H groups in total. The van der Waals surface area contributed by atoms with Crippen molar-refractivity contribution in [2.75, 3.05) is 33.4 Å². The largest absolute Gasteiger partial charge is 0.497 e. The highest BCUT2D eigenvalue weighted by Gasteiger charge is 2.35. The molecule has 2 aromatic rings. The van der Waals surface area contributed by atoms with Gasteiger partial charge >= 0.3 is 0 Å². The number of sulfonamides is 1. The van der Waals surface area contributed by atoms with Gasteiger partial charge in [0.2, 0.25) is 10.0 Å². The lowest BCUT2D eigenvalue weighted by Crippen LogP contribution is -2.44. The smallest absolute Gasteiger partial charge is 0.251 e. The molecule has 2 aliphatic rings.